The Morgan fingerprint density at radius 3 is 2.36 bits per heavy atom. The highest BCUT2D eigenvalue weighted by molar-refractivity contribution is 7.80. The zero-order valence-corrected chi connectivity index (χ0v) is 22.7. The second-order valence-corrected chi connectivity index (χ2v) is 11.2. The van der Waals surface area contributed by atoms with Crippen molar-refractivity contribution in [1.29, 1.82) is 0 Å². The van der Waals surface area contributed by atoms with Crippen LogP contribution in [0.25, 0.3) is 0 Å². The lowest BCUT2D eigenvalue weighted by molar-refractivity contribution is 0.444. The number of hydrogen-bond donors (Lipinski definition) is 2. The number of anilines is 4. The fraction of sp³-hybridized carbons (Fsp3) is 0.607. The molecule has 2 aromatic rings. The quantitative estimate of drug-likeness (QED) is 0.519. The molecule has 2 atom stereocenters. The predicted octanol–water partition coefficient (Wildman–Crippen LogP) is 5.18. The number of aromatic nitrogens is 2. The maximum Gasteiger partial charge on any atom is 0.232 e. The van der Waals surface area contributed by atoms with Crippen LogP contribution >= 0.6 is 12.2 Å². The Morgan fingerprint density at radius 2 is 1.61 bits per heavy atom. The van der Waals surface area contributed by atoms with Gasteiger partial charge >= 0.3 is 0 Å². The van der Waals surface area contributed by atoms with E-state index in [4.69, 9.17) is 22.2 Å². The van der Waals surface area contributed by atoms with Crippen LogP contribution in [0.3, 0.4) is 0 Å². The monoisotopic (exact) mass is 507 g/mol. The van der Waals surface area contributed by atoms with Crippen LogP contribution in [0.1, 0.15) is 64.4 Å². The zero-order valence-electron chi connectivity index (χ0n) is 21.9. The second kappa shape index (κ2) is 11.6. The van der Waals surface area contributed by atoms with Crippen LogP contribution in [0.5, 0.6) is 0 Å². The van der Waals surface area contributed by atoms with Crippen LogP contribution in [-0.4, -0.2) is 53.8 Å². The first-order valence-electron chi connectivity index (χ1n) is 13.8. The molecule has 3 saturated heterocycles. The Bertz CT molecular complexity index is 1020. The average molecular weight is 508 g/mol. The summed E-state index contributed by atoms with van der Waals surface area (Å²) in [6.07, 6.45) is 8.79. The molecule has 5 rings (SSSR count). The van der Waals surface area contributed by atoms with Crippen LogP contribution in [0.2, 0.25) is 0 Å². The lowest BCUT2D eigenvalue weighted by Crippen LogP contribution is -2.39. The van der Waals surface area contributed by atoms with Crippen molar-refractivity contribution in [3.05, 3.63) is 35.9 Å². The van der Waals surface area contributed by atoms with Crippen molar-refractivity contribution in [2.24, 2.45) is 5.92 Å². The molecule has 36 heavy (non-hydrogen) atoms. The Morgan fingerprint density at radius 1 is 0.889 bits per heavy atom. The van der Waals surface area contributed by atoms with Gasteiger partial charge in [-0.2, -0.15) is 9.97 Å². The molecule has 0 unspecified atom stereocenters. The molecule has 0 radical (unpaired) electrons. The van der Waals surface area contributed by atoms with E-state index in [1.165, 1.54) is 69.3 Å². The molecule has 3 aliphatic rings. The number of nitrogens with one attached hydrogen (secondary N) is 2. The molecule has 0 bridgehead atoms. The van der Waals surface area contributed by atoms with Gasteiger partial charge in [-0.05, 0) is 87.7 Å². The lowest BCUT2D eigenvalue weighted by atomic mass is 10.0. The van der Waals surface area contributed by atoms with Crippen molar-refractivity contribution < 1.29 is 0 Å². The van der Waals surface area contributed by atoms with E-state index < -0.39 is 0 Å². The van der Waals surface area contributed by atoms with Crippen LogP contribution in [0, 0.1) is 5.92 Å². The molecule has 3 fully saturated rings. The third kappa shape index (κ3) is 6.20. The van der Waals surface area contributed by atoms with Crippen molar-refractivity contribution in [3.8, 4) is 0 Å². The van der Waals surface area contributed by atoms with Gasteiger partial charge in [0.15, 0.2) is 5.11 Å². The summed E-state index contributed by atoms with van der Waals surface area (Å²) in [7, 11) is 0. The summed E-state index contributed by atoms with van der Waals surface area (Å²) in [6, 6.07) is 11.5. The number of piperidine rings is 2. The minimum Gasteiger partial charge on any atom is -0.372 e. The van der Waals surface area contributed by atoms with E-state index in [-0.39, 0.29) is 0 Å². The Kier molecular flexibility index (Phi) is 8.09. The highest BCUT2D eigenvalue weighted by atomic mass is 32.1. The maximum absolute atomic E-state index is 5.65. The summed E-state index contributed by atoms with van der Waals surface area (Å²) in [5, 5.41) is 7.20. The SMILES string of the molecule is C[C@@H]1CCCN(c2cc(N3CCCC[C@@H]3C)nc(NC(=S)NCc3ccc(N4CCCC4)cc3)n2)C1. The lowest BCUT2D eigenvalue weighted by Gasteiger charge is -2.36. The van der Waals surface area contributed by atoms with Crippen molar-refractivity contribution in [3.63, 3.8) is 0 Å². The molecule has 3 aliphatic heterocycles. The minimum atomic E-state index is 0.489. The average Bonchev–Trinajstić information content (AvgIpc) is 3.43. The number of benzene rings is 1. The molecule has 194 valence electrons. The number of rotatable bonds is 6. The normalized spacial score (nSPS) is 22.6. The highest BCUT2D eigenvalue weighted by Gasteiger charge is 2.24. The van der Waals surface area contributed by atoms with Crippen LogP contribution < -0.4 is 25.3 Å². The molecule has 7 nitrogen and oxygen atoms in total. The topological polar surface area (TPSA) is 59.6 Å². The predicted molar refractivity (Wildman–Crippen MR) is 154 cm³/mol. The van der Waals surface area contributed by atoms with E-state index in [1.807, 2.05) is 0 Å². The van der Waals surface area contributed by atoms with E-state index in [2.05, 4.69) is 69.5 Å². The Balaban J connectivity index is 1.26. The first kappa shape index (κ1) is 25.1. The van der Waals surface area contributed by atoms with Crippen LogP contribution in [0.4, 0.5) is 23.3 Å². The van der Waals surface area contributed by atoms with Gasteiger partial charge in [0.05, 0.1) is 0 Å². The van der Waals surface area contributed by atoms with Crippen molar-refractivity contribution in [1.82, 2.24) is 15.3 Å². The number of hydrogen-bond acceptors (Lipinski definition) is 6. The van der Waals surface area contributed by atoms with Gasteiger partial charge in [0.25, 0.3) is 0 Å². The van der Waals surface area contributed by atoms with Gasteiger partial charge in [-0.15, -0.1) is 0 Å². The summed E-state index contributed by atoms with van der Waals surface area (Å²) in [5.41, 5.74) is 2.52. The molecular formula is C28H41N7S. The van der Waals surface area contributed by atoms with Crippen molar-refractivity contribution in [2.75, 3.05) is 52.7 Å². The molecule has 0 saturated carbocycles. The molecule has 0 spiro atoms. The largest absolute Gasteiger partial charge is 0.372 e. The van der Waals surface area contributed by atoms with Crippen LogP contribution in [0.15, 0.2) is 30.3 Å². The van der Waals surface area contributed by atoms with Gasteiger partial charge in [-0.25, -0.2) is 0 Å². The molecule has 0 amide bonds. The molecule has 1 aromatic carbocycles. The number of thiocarbonyl (C=S) groups is 1. The third-order valence-corrected chi connectivity index (χ3v) is 8.11. The van der Waals surface area contributed by atoms with Crippen molar-refractivity contribution >= 4 is 40.6 Å². The molecular weight excluding hydrogens is 466 g/mol. The fourth-order valence-corrected chi connectivity index (χ4v) is 5.91. The fourth-order valence-electron chi connectivity index (χ4n) is 5.75. The van der Waals surface area contributed by atoms with Gasteiger partial charge in [0.1, 0.15) is 11.6 Å². The van der Waals surface area contributed by atoms with E-state index in [1.54, 1.807) is 0 Å². The van der Waals surface area contributed by atoms with Crippen molar-refractivity contribution in [2.45, 2.75) is 71.4 Å². The van der Waals surface area contributed by atoms with E-state index in [0.29, 0.717) is 29.6 Å². The van der Waals surface area contributed by atoms with E-state index >= 15 is 0 Å². The summed E-state index contributed by atoms with van der Waals surface area (Å²) >= 11 is 5.65. The highest BCUT2D eigenvalue weighted by Crippen LogP contribution is 2.29. The van der Waals surface area contributed by atoms with Gasteiger partial charge in [0, 0.05) is 57.1 Å². The number of nitrogens with zero attached hydrogens (tertiary/aromatic N) is 5. The van der Waals surface area contributed by atoms with E-state index in [9.17, 15) is 0 Å². The summed E-state index contributed by atoms with van der Waals surface area (Å²) in [5.74, 6) is 3.28. The standard InChI is InChI=1S/C28H41N7S/c1-21-8-7-16-34(20-21)25-18-26(35-17-4-3-9-22(35)2)31-27(30-25)32-28(36)29-19-23-10-12-24(13-11-23)33-14-5-6-15-33/h10-13,18,21-22H,3-9,14-17,19-20H2,1-2H3,(H2,29,30,31,32,36)/t21-,22+/m1/s1. The smallest absolute Gasteiger partial charge is 0.232 e. The minimum absolute atomic E-state index is 0.489. The first-order valence-corrected chi connectivity index (χ1v) is 14.3. The maximum atomic E-state index is 5.65. The summed E-state index contributed by atoms with van der Waals surface area (Å²) < 4.78 is 0. The summed E-state index contributed by atoms with van der Waals surface area (Å²) in [6.45, 7) is 10.8. The van der Waals surface area contributed by atoms with Gasteiger partial charge in [-0.3, -0.25) is 0 Å². The van der Waals surface area contributed by atoms with Crippen LogP contribution in [-0.2, 0) is 6.54 Å². The van der Waals surface area contributed by atoms with Gasteiger partial charge < -0.3 is 25.3 Å². The van der Waals surface area contributed by atoms with Gasteiger partial charge in [-0.1, -0.05) is 19.1 Å². The summed E-state index contributed by atoms with van der Waals surface area (Å²) in [4.78, 5) is 17.1. The van der Waals surface area contributed by atoms with Gasteiger partial charge in [0.2, 0.25) is 5.95 Å². The Labute approximate surface area is 221 Å². The molecule has 8 heteroatoms. The molecule has 4 heterocycles. The third-order valence-electron chi connectivity index (χ3n) is 7.86. The molecule has 0 aliphatic carbocycles. The first-order chi connectivity index (χ1) is 17.5. The Hall–Kier alpha value is -2.61. The molecule has 1 aromatic heterocycles. The zero-order chi connectivity index (χ0) is 24.9. The second-order valence-electron chi connectivity index (χ2n) is 10.8. The molecule has 2 N–H and O–H groups in total. The van der Waals surface area contributed by atoms with E-state index in [0.717, 1.165) is 31.3 Å².